The van der Waals surface area contributed by atoms with E-state index in [2.05, 4.69) is 6.58 Å². The van der Waals surface area contributed by atoms with Gasteiger partial charge in [0.15, 0.2) is 9.84 Å². The lowest BCUT2D eigenvalue weighted by atomic mass is 10.4. The van der Waals surface area contributed by atoms with Crippen LogP contribution in [0.3, 0.4) is 0 Å². The van der Waals surface area contributed by atoms with Gasteiger partial charge in [-0.1, -0.05) is 36.9 Å². The van der Waals surface area contributed by atoms with Crippen molar-refractivity contribution in [2.24, 2.45) is 0 Å². The smallest absolute Gasteiger partial charge is 0.194 e. The fourth-order valence-electron chi connectivity index (χ4n) is 0.871. The molecule has 0 aliphatic carbocycles. The summed E-state index contributed by atoms with van der Waals surface area (Å²) in [6.45, 7) is 3.37. The van der Waals surface area contributed by atoms with Crippen LogP contribution in [0.1, 0.15) is 0 Å². The molecule has 0 saturated heterocycles. The molecule has 4 heteroatoms. The molecule has 1 aromatic rings. The van der Waals surface area contributed by atoms with E-state index in [1.807, 2.05) is 0 Å². The van der Waals surface area contributed by atoms with Crippen molar-refractivity contribution in [3.05, 3.63) is 43.0 Å². The highest BCUT2D eigenvalue weighted by molar-refractivity contribution is 8.05. The monoisotopic (exact) mass is 213 g/mol. The Morgan fingerprint density at radius 2 is 1.85 bits per heavy atom. The summed E-state index contributed by atoms with van der Waals surface area (Å²) in [4.78, 5) is 0.245. The van der Waals surface area contributed by atoms with Crippen LogP contribution in [0.15, 0.2) is 47.9 Å². The molecule has 0 aromatic heterocycles. The lowest BCUT2D eigenvalue weighted by molar-refractivity contribution is 0.597. The van der Waals surface area contributed by atoms with Crippen molar-refractivity contribution in [1.29, 1.82) is 0 Å². The minimum atomic E-state index is -3.39. The quantitative estimate of drug-likeness (QED) is 0.721. The highest BCUT2D eigenvalue weighted by atomic mass is 32.2. The molecule has 2 nitrogen and oxygen atoms in total. The van der Waals surface area contributed by atoms with Crippen LogP contribution >= 0.6 is 12.6 Å². The van der Waals surface area contributed by atoms with Gasteiger partial charge >= 0.3 is 0 Å². The van der Waals surface area contributed by atoms with E-state index in [1.165, 1.54) is 18.2 Å². The minimum Gasteiger partial charge on any atom is -0.222 e. The first-order valence-electron chi connectivity index (χ1n) is 3.66. The summed E-state index contributed by atoms with van der Waals surface area (Å²) in [6, 6.07) is 8.14. The van der Waals surface area contributed by atoms with Gasteiger partial charge in [-0.25, -0.2) is 8.42 Å². The van der Waals surface area contributed by atoms with Crippen LogP contribution < -0.4 is 0 Å². The Kier molecular flexibility index (Phi) is 3.17. The molecule has 0 spiro atoms. The number of sulfone groups is 1. The summed E-state index contributed by atoms with van der Waals surface area (Å²) in [5, 5.41) is 0. The normalized spacial score (nSPS) is 13.6. The fraction of sp³-hybridized carbons (Fsp3) is 0.111. The first-order chi connectivity index (χ1) is 6.09. The topological polar surface area (TPSA) is 34.1 Å². The number of hydrogen-bond acceptors (Lipinski definition) is 2. The summed E-state index contributed by atoms with van der Waals surface area (Å²) in [6.07, 6.45) is 1.25. The molecule has 1 atom stereocenters. The van der Waals surface area contributed by atoms with E-state index >= 15 is 0 Å². The second-order valence-electron chi connectivity index (χ2n) is 2.46. The zero-order chi connectivity index (χ0) is 9.90. The third-order valence-electron chi connectivity index (χ3n) is 1.57. The van der Waals surface area contributed by atoms with Crippen molar-refractivity contribution >= 4 is 22.5 Å². The Balaban J connectivity index is 3.16. The molecule has 1 radical (unpaired) electrons. The minimum absolute atomic E-state index is 0.245. The first kappa shape index (κ1) is 10.3. The number of hydrogen-bond donors (Lipinski definition) is 0. The van der Waals surface area contributed by atoms with Gasteiger partial charge in [0, 0.05) is 0 Å². The highest BCUT2D eigenvalue weighted by Crippen LogP contribution is 2.18. The summed E-state index contributed by atoms with van der Waals surface area (Å²) in [5.74, 6) is 0. The Labute approximate surface area is 83.6 Å². The molecule has 69 valence electrons. The van der Waals surface area contributed by atoms with E-state index in [1.54, 1.807) is 18.2 Å². The van der Waals surface area contributed by atoms with E-state index < -0.39 is 14.4 Å². The van der Waals surface area contributed by atoms with Crippen molar-refractivity contribution in [2.45, 2.75) is 9.48 Å². The number of benzene rings is 1. The Hall–Kier alpha value is -0.740. The summed E-state index contributed by atoms with van der Waals surface area (Å²) >= 11 is 4.75. The van der Waals surface area contributed by atoms with Gasteiger partial charge in [-0.05, 0) is 12.1 Å². The Morgan fingerprint density at radius 1 is 1.31 bits per heavy atom. The van der Waals surface area contributed by atoms with Crippen LogP contribution in [0, 0.1) is 0 Å². The van der Waals surface area contributed by atoms with Crippen LogP contribution in [-0.4, -0.2) is 13.0 Å². The van der Waals surface area contributed by atoms with Crippen LogP contribution in [0.25, 0.3) is 0 Å². The molecule has 0 fully saturated rings. The summed E-state index contributed by atoms with van der Waals surface area (Å²) in [5.41, 5.74) is 0. The van der Waals surface area contributed by atoms with Crippen molar-refractivity contribution in [1.82, 2.24) is 0 Å². The molecule has 0 bridgehead atoms. The third-order valence-corrected chi connectivity index (χ3v) is 4.26. The summed E-state index contributed by atoms with van der Waals surface area (Å²) < 4.78 is 22.2. The van der Waals surface area contributed by atoms with E-state index in [9.17, 15) is 8.42 Å². The van der Waals surface area contributed by atoms with Gasteiger partial charge in [0.1, 0.15) is 4.58 Å². The zero-order valence-corrected chi connectivity index (χ0v) is 8.51. The van der Waals surface area contributed by atoms with Gasteiger partial charge in [-0.2, -0.15) is 0 Å². The van der Waals surface area contributed by atoms with Crippen LogP contribution in [0.4, 0.5) is 0 Å². The molecule has 0 heterocycles. The van der Waals surface area contributed by atoms with Gasteiger partial charge in [-0.15, -0.1) is 6.58 Å². The Bertz CT molecular complexity index is 381. The number of rotatable bonds is 3. The van der Waals surface area contributed by atoms with Crippen molar-refractivity contribution in [3.63, 3.8) is 0 Å². The highest BCUT2D eigenvalue weighted by Gasteiger charge is 2.21. The molecule has 13 heavy (non-hydrogen) atoms. The predicted octanol–water partition coefficient (Wildman–Crippen LogP) is 2.17. The van der Waals surface area contributed by atoms with Crippen LogP contribution in [-0.2, 0) is 9.84 Å². The standard InChI is InChI=1S/C9H9O2S2/c1-2-9(12)13(10,11)8-6-4-3-5-7-8/h2-7,9H,1H2. The maximum absolute atomic E-state index is 11.6. The van der Waals surface area contributed by atoms with Gasteiger partial charge in [-0.3, -0.25) is 0 Å². The maximum Gasteiger partial charge on any atom is 0.194 e. The van der Waals surface area contributed by atoms with Crippen LogP contribution in [0.5, 0.6) is 0 Å². The van der Waals surface area contributed by atoms with Crippen LogP contribution in [0.2, 0.25) is 0 Å². The molecular weight excluding hydrogens is 204 g/mol. The molecule has 1 rings (SSSR count). The second kappa shape index (κ2) is 3.98. The molecule has 0 aliphatic rings. The predicted molar refractivity (Wildman–Crippen MR) is 55.2 cm³/mol. The average Bonchev–Trinajstić information content (AvgIpc) is 2.18. The third kappa shape index (κ3) is 2.14. The lowest BCUT2D eigenvalue weighted by Crippen LogP contribution is -2.12. The lowest BCUT2D eigenvalue weighted by Gasteiger charge is -2.05. The molecule has 0 aliphatic heterocycles. The van der Waals surface area contributed by atoms with Crippen molar-refractivity contribution < 1.29 is 8.42 Å². The molecule has 0 saturated carbocycles. The molecular formula is C9H9O2S2. The molecule has 1 aromatic carbocycles. The van der Waals surface area contributed by atoms with Gasteiger partial charge in [0.2, 0.25) is 0 Å². The zero-order valence-electron chi connectivity index (χ0n) is 6.88. The largest absolute Gasteiger partial charge is 0.222 e. The maximum atomic E-state index is 11.6. The van der Waals surface area contributed by atoms with E-state index in [0.29, 0.717) is 0 Å². The van der Waals surface area contributed by atoms with E-state index in [4.69, 9.17) is 12.6 Å². The average molecular weight is 213 g/mol. The van der Waals surface area contributed by atoms with E-state index in [0.717, 1.165) is 0 Å². The van der Waals surface area contributed by atoms with Gasteiger partial charge in [0.05, 0.1) is 4.90 Å². The summed E-state index contributed by atoms with van der Waals surface area (Å²) in [7, 11) is -3.39. The van der Waals surface area contributed by atoms with Crippen molar-refractivity contribution in [2.75, 3.05) is 0 Å². The molecule has 0 amide bonds. The SMILES string of the molecule is C=CC([S])S(=O)(=O)c1ccccc1. The van der Waals surface area contributed by atoms with Crippen molar-refractivity contribution in [3.8, 4) is 0 Å². The fourth-order valence-corrected chi connectivity index (χ4v) is 2.26. The molecule has 0 N–H and O–H groups in total. The second-order valence-corrected chi connectivity index (χ2v) is 5.34. The van der Waals surface area contributed by atoms with Gasteiger partial charge in [0.25, 0.3) is 0 Å². The first-order valence-corrected chi connectivity index (χ1v) is 5.68. The molecule has 1 unspecified atom stereocenters. The van der Waals surface area contributed by atoms with E-state index in [-0.39, 0.29) is 4.90 Å². The van der Waals surface area contributed by atoms with Gasteiger partial charge < -0.3 is 0 Å². The Morgan fingerprint density at radius 3 is 2.31 bits per heavy atom.